The molecule has 0 radical (unpaired) electrons. The van der Waals surface area contributed by atoms with E-state index in [9.17, 15) is 57.5 Å². The zero-order valence-electron chi connectivity index (χ0n) is 67.5. The molecule has 7 aliphatic rings. The first-order valence-electron chi connectivity index (χ1n) is 37.7. The van der Waals surface area contributed by atoms with E-state index in [0.717, 1.165) is 11.3 Å². The Morgan fingerprint density at radius 1 is 0.462 bits per heavy atom. The molecule has 0 aliphatic carbocycles. The van der Waals surface area contributed by atoms with Gasteiger partial charge in [-0.3, -0.25) is 71.6 Å². The third-order valence-electron chi connectivity index (χ3n) is 19.3. The summed E-state index contributed by atoms with van der Waals surface area (Å²) in [6.07, 6.45) is 7.19. The Balaban J connectivity index is 0.000000201. The average Bonchev–Trinajstić information content (AvgIpc) is 1.55. The summed E-state index contributed by atoms with van der Waals surface area (Å²) in [7, 11) is 0. The molecule has 18 rings (SSSR count). The lowest BCUT2D eigenvalue weighted by Crippen LogP contribution is -2.52. The SMILES string of the molecule is C.C.C.C.C.CC(C)(C)OC(=O)N1CC(=O)c2ccccc21.CC(C)(C)OC(=O)N1CC2(NC(=O)c3c(Cl)cc(Br)c(=O)n32)c2ccccc21.CC(C)(C)OC(=O)N1CC2(NC(=O)c3c(Cl)cc(Nc4ccncn4)c(=O)n32)c2ccccc21.NC(=O)c1[nH]c(=O)c(Br)cc1Cl.Nc1ccncn1.O=C1NC2(CNc3ccccc32)n2c1c(Cl)cc(Nc1ccncn1)c2=O. The molecule has 684 valence electrons. The van der Waals surface area contributed by atoms with E-state index in [1.165, 1.54) is 77.8 Å². The van der Waals surface area contributed by atoms with Gasteiger partial charge in [-0.25, -0.2) is 44.3 Å². The van der Waals surface area contributed by atoms with Gasteiger partial charge in [0.2, 0.25) is 0 Å². The fourth-order valence-corrected chi connectivity index (χ4v) is 16.4. The molecule has 36 nitrogen and oxygen atoms in total. The quantitative estimate of drug-likeness (QED) is 0.0723. The van der Waals surface area contributed by atoms with Crippen LogP contribution in [0, 0.1) is 0 Å². The van der Waals surface area contributed by atoms with Crippen LogP contribution in [0.4, 0.5) is 66.0 Å². The first-order chi connectivity index (χ1) is 59.0. The number of amides is 7. The molecule has 42 heteroatoms. The highest BCUT2D eigenvalue weighted by atomic mass is 79.9. The maximum absolute atomic E-state index is 13.7. The summed E-state index contributed by atoms with van der Waals surface area (Å²) in [6.45, 7) is 16.4. The van der Waals surface area contributed by atoms with E-state index in [1.54, 1.807) is 166 Å². The van der Waals surface area contributed by atoms with Gasteiger partial charge in [0.15, 0.2) is 22.8 Å². The summed E-state index contributed by atoms with van der Waals surface area (Å²) < 4.78 is 20.9. The van der Waals surface area contributed by atoms with Crippen LogP contribution in [0.2, 0.25) is 20.1 Å². The molecule has 11 aromatic rings. The van der Waals surface area contributed by atoms with Crippen molar-refractivity contribution in [2.45, 2.75) is 133 Å². The summed E-state index contributed by atoms with van der Waals surface area (Å²) in [6, 6.07) is 39.2. The van der Waals surface area contributed by atoms with Crippen LogP contribution in [-0.2, 0) is 31.2 Å². The molecule has 7 aliphatic heterocycles. The third-order valence-corrected chi connectivity index (χ3v) is 21.6. The number of H-pyrrole nitrogens is 1. The third kappa shape index (κ3) is 20.5. The Hall–Kier alpha value is -13.4. The van der Waals surface area contributed by atoms with Crippen molar-refractivity contribution in [3.8, 4) is 0 Å². The van der Waals surface area contributed by atoms with Crippen molar-refractivity contribution >= 4 is 178 Å². The Morgan fingerprint density at radius 3 is 1.27 bits per heavy atom. The van der Waals surface area contributed by atoms with Crippen LogP contribution in [0.3, 0.4) is 0 Å². The number of Topliss-reactive ketones (excluding diaryl/α,β-unsaturated/α-hetero) is 1. The second kappa shape index (κ2) is 40.1. The number of nitrogens with one attached hydrogen (secondary N) is 7. The summed E-state index contributed by atoms with van der Waals surface area (Å²) in [5.41, 5.74) is 8.45. The van der Waals surface area contributed by atoms with Crippen LogP contribution in [0.25, 0.3) is 0 Å². The number of nitrogen functional groups attached to an aromatic ring is 1. The van der Waals surface area contributed by atoms with E-state index >= 15 is 0 Å². The highest BCUT2D eigenvalue weighted by Gasteiger charge is 2.57. The van der Waals surface area contributed by atoms with Crippen LogP contribution in [0.1, 0.15) is 168 Å². The molecule has 3 unspecified atom stereocenters. The van der Waals surface area contributed by atoms with Gasteiger partial charge in [-0.15, -0.1) is 0 Å². The molecule has 0 saturated heterocycles. The van der Waals surface area contributed by atoms with E-state index in [4.69, 9.17) is 72.1 Å². The molecular formula is C88H95Br2Cl4N21O15. The zero-order valence-corrected chi connectivity index (χ0v) is 73.7. The van der Waals surface area contributed by atoms with Crippen molar-refractivity contribution in [2.75, 3.05) is 62.6 Å². The first-order valence-corrected chi connectivity index (χ1v) is 40.8. The van der Waals surface area contributed by atoms with Crippen molar-refractivity contribution in [1.82, 2.24) is 64.5 Å². The zero-order chi connectivity index (χ0) is 90.3. The number of nitrogens with two attached hydrogens (primary N) is 2. The lowest BCUT2D eigenvalue weighted by Gasteiger charge is -2.29. The molecule has 14 heterocycles. The van der Waals surface area contributed by atoms with Crippen molar-refractivity contribution in [1.29, 1.82) is 0 Å². The summed E-state index contributed by atoms with van der Waals surface area (Å²) in [5.74, 6) is -0.838. The lowest BCUT2D eigenvalue weighted by molar-refractivity contribution is 0.0563. The van der Waals surface area contributed by atoms with E-state index < -0.39 is 86.5 Å². The Kier molecular flexibility index (Phi) is 31.5. The van der Waals surface area contributed by atoms with Gasteiger partial charge >= 0.3 is 18.3 Å². The molecule has 3 atom stereocenters. The molecule has 7 amide bonds. The Morgan fingerprint density at radius 2 is 0.846 bits per heavy atom. The number of para-hydroxylation sites is 4. The Labute approximate surface area is 783 Å². The largest absolute Gasteiger partial charge is 0.443 e. The lowest BCUT2D eigenvalue weighted by atomic mass is 10.0. The second-order valence-electron chi connectivity index (χ2n) is 31.2. The number of primary amides is 1. The van der Waals surface area contributed by atoms with Gasteiger partial charge in [-0.05, 0) is 167 Å². The van der Waals surface area contributed by atoms with Gasteiger partial charge < -0.3 is 62.6 Å². The van der Waals surface area contributed by atoms with Gasteiger partial charge in [-0.2, -0.15) is 0 Å². The molecule has 130 heavy (non-hydrogen) atoms. The maximum Gasteiger partial charge on any atom is 0.415 e. The topological polar surface area (TPSA) is 474 Å². The number of pyridine rings is 4. The number of ether oxygens (including phenoxy) is 3. The van der Waals surface area contributed by atoms with Crippen molar-refractivity contribution in [2.24, 2.45) is 5.73 Å². The standard InChI is InChI=1S/C23H21ClN6O4.C19H17BrClN3O4.C18H13ClN6O2.C13H15NO3.C6H4BrClN2O2.C4H5N3.5CH4/c1-22(2,3)34-21(33)29-11-23(13-6-4-5-7-16(13)29)28-19(31)18-14(24)10-15(20(32)30(18)23)27-17-8-9-25-12-26-17;1-18(2,3)28-17(27)23-9-19(10-6-4-5-7-13(10)23)22-15(25)14-12(21)8-11(20)16(26)24(14)19;19-11-7-13(23-14-5-6-20-9-22-14)17(27)25-15(11)16(26)24-18(25)8-21-12-4-2-1-3-10(12)18;1-13(2,3)17-12(16)14-8-11(15)9-6-4-5-7-10(9)14;7-2-1-3(8)4(5(9)11)10-6(2)12;5-4-1-2-6-3-7-4;;;;;/h4-10,12H,11H2,1-3H3,(H,28,31)(H,25,26,27);4-8H,9H2,1-3H3,(H,22,25);1-7,9,21H,8H2,(H,24,26)(H,20,22,23);4-7H,8H2,1-3H3;1H,(H2,9,11)(H,10,12);1-3H,(H2,5,6,7);5*1H4. The van der Waals surface area contributed by atoms with Crippen molar-refractivity contribution in [3.05, 3.63) is 293 Å². The van der Waals surface area contributed by atoms with Crippen LogP contribution < -0.4 is 80.3 Å². The normalized spacial score (nSPS) is 16.5. The van der Waals surface area contributed by atoms with Crippen molar-refractivity contribution in [3.63, 3.8) is 0 Å². The summed E-state index contributed by atoms with van der Waals surface area (Å²) >= 11 is 30.9. The predicted molar refractivity (Wildman–Crippen MR) is 507 cm³/mol. The molecule has 0 bridgehead atoms. The number of rotatable bonds is 5. The van der Waals surface area contributed by atoms with Crippen LogP contribution in [-0.4, -0.2) is 139 Å². The number of aromatic amines is 1. The van der Waals surface area contributed by atoms with Crippen LogP contribution in [0.5, 0.6) is 0 Å². The van der Waals surface area contributed by atoms with E-state index in [0.29, 0.717) is 57.8 Å². The van der Waals surface area contributed by atoms with Gasteiger partial charge in [0, 0.05) is 46.5 Å². The molecule has 11 N–H and O–H groups in total. The summed E-state index contributed by atoms with van der Waals surface area (Å²) in [5, 5.41) is 18.4. The smallest absolute Gasteiger partial charge is 0.415 e. The van der Waals surface area contributed by atoms with E-state index in [1.807, 2.05) is 24.3 Å². The fourth-order valence-electron chi connectivity index (χ4n) is 14.3. The number of anilines is 9. The number of benzene rings is 4. The molecule has 3 spiro atoms. The monoisotopic (exact) mass is 1980 g/mol. The number of carbonyl (C=O) groups is 8. The minimum atomic E-state index is -1.36. The van der Waals surface area contributed by atoms with Gasteiger partial charge in [-0.1, -0.05) is 150 Å². The van der Waals surface area contributed by atoms with Crippen molar-refractivity contribution < 1.29 is 52.6 Å². The number of aromatic nitrogens is 10. The second-order valence-corrected chi connectivity index (χ2v) is 34.6. The molecule has 4 aromatic carbocycles. The predicted octanol–water partition coefficient (Wildman–Crippen LogP) is 15.4. The maximum atomic E-state index is 13.7. The highest BCUT2D eigenvalue weighted by molar-refractivity contribution is 9.10. The number of halogens is 6. The number of nitrogens with zero attached hydrogens (tertiary/aromatic N) is 12. The minimum absolute atomic E-state index is 0. The van der Waals surface area contributed by atoms with Gasteiger partial charge in [0.1, 0.15) is 87.4 Å². The number of hydrogen-bond acceptors (Lipinski definition) is 25. The first kappa shape index (κ1) is 102. The number of fused-ring (bicyclic) bond motifs is 13. The highest BCUT2D eigenvalue weighted by Crippen LogP contribution is 2.48. The number of carbonyl (C=O) groups excluding carboxylic acids is 8. The van der Waals surface area contributed by atoms with E-state index in [-0.39, 0.29) is 137 Å². The Bertz CT molecular complexity index is 6480. The molecule has 0 saturated carbocycles. The number of hydrogen-bond donors (Lipinski definition) is 9. The molecule has 7 aromatic heterocycles. The molecular weight excluding hydrogens is 1890 g/mol. The van der Waals surface area contributed by atoms with Crippen LogP contribution in [0.15, 0.2) is 205 Å². The average molecular weight is 1990 g/mol. The minimum Gasteiger partial charge on any atom is -0.443 e. The van der Waals surface area contributed by atoms with Gasteiger partial charge in [0.25, 0.3) is 45.9 Å². The number of ketones is 1. The fraction of sp³-hybridized carbons (Fsp3) is 0.273. The molecule has 0 fully saturated rings. The summed E-state index contributed by atoms with van der Waals surface area (Å²) in [4.78, 5) is 179. The van der Waals surface area contributed by atoms with E-state index in [2.05, 4.69) is 98.6 Å². The van der Waals surface area contributed by atoms with Crippen LogP contribution >= 0.6 is 78.3 Å². The van der Waals surface area contributed by atoms with Gasteiger partial charge in [0.05, 0.1) is 72.3 Å².